The number of fused-ring (bicyclic) bond motifs is 1. The van der Waals surface area contributed by atoms with Gasteiger partial charge in [0.15, 0.2) is 0 Å². The van der Waals surface area contributed by atoms with Gasteiger partial charge in [-0.2, -0.15) is 0 Å². The molecule has 0 saturated heterocycles. The molecule has 1 aliphatic heterocycles. The Kier molecular flexibility index (Phi) is 6.14. The zero-order chi connectivity index (χ0) is 21.8. The molecular weight excluding hydrogens is 408 g/mol. The summed E-state index contributed by atoms with van der Waals surface area (Å²) in [5.74, 6) is 1.50. The summed E-state index contributed by atoms with van der Waals surface area (Å²) in [7, 11) is 3.34. The van der Waals surface area contributed by atoms with Crippen molar-refractivity contribution in [2.45, 2.75) is 4.90 Å². The van der Waals surface area contributed by atoms with Crippen molar-refractivity contribution in [2.75, 3.05) is 20.0 Å². The van der Waals surface area contributed by atoms with Gasteiger partial charge in [-0.05, 0) is 75.9 Å². The largest absolute Gasteiger partial charge is 0.497 e. The highest BCUT2D eigenvalue weighted by atomic mass is 32.2. The predicted molar refractivity (Wildman–Crippen MR) is 126 cm³/mol. The van der Waals surface area contributed by atoms with Crippen LogP contribution in [0.4, 0.5) is 0 Å². The molecule has 0 atom stereocenters. The zero-order valence-corrected chi connectivity index (χ0v) is 18.1. The second kappa shape index (κ2) is 9.14. The van der Waals surface area contributed by atoms with Crippen LogP contribution in [-0.2, 0) is 4.79 Å². The van der Waals surface area contributed by atoms with Crippen LogP contribution >= 0.6 is 11.8 Å². The van der Waals surface area contributed by atoms with Crippen molar-refractivity contribution in [3.05, 3.63) is 95.1 Å². The quantitative estimate of drug-likeness (QED) is 0.496. The van der Waals surface area contributed by atoms with Gasteiger partial charge in [0.25, 0.3) is 0 Å². The summed E-state index contributed by atoms with van der Waals surface area (Å²) in [4.78, 5) is 12.1. The van der Waals surface area contributed by atoms with Gasteiger partial charge in [-0.15, -0.1) is 11.8 Å². The maximum absolute atomic E-state index is 11.0. The summed E-state index contributed by atoms with van der Waals surface area (Å²) in [6.07, 6.45) is 2.78. The number of ether oxygens (including phenoxy) is 2. The minimum absolute atomic E-state index is 0.816. The van der Waals surface area contributed by atoms with Crippen molar-refractivity contribution in [1.29, 1.82) is 0 Å². The Morgan fingerprint density at radius 3 is 2.39 bits per heavy atom. The molecule has 0 unspecified atom stereocenters. The summed E-state index contributed by atoms with van der Waals surface area (Å²) in [6.45, 7) is 0. The number of aliphatic carboxylic acids is 1. The molecule has 5 heteroatoms. The number of carbonyl (C=O) groups is 1. The molecule has 156 valence electrons. The Bertz CT molecular complexity index is 1180. The van der Waals surface area contributed by atoms with E-state index in [1.807, 2.05) is 36.4 Å². The van der Waals surface area contributed by atoms with Gasteiger partial charge in [0.2, 0.25) is 0 Å². The Morgan fingerprint density at radius 1 is 0.935 bits per heavy atom. The van der Waals surface area contributed by atoms with Crippen molar-refractivity contribution >= 4 is 35.0 Å². The molecule has 3 aromatic carbocycles. The van der Waals surface area contributed by atoms with Gasteiger partial charge in [0.1, 0.15) is 11.5 Å². The zero-order valence-electron chi connectivity index (χ0n) is 17.3. The van der Waals surface area contributed by atoms with Crippen LogP contribution in [0.5, 0.6) is 11.5 Å². The smallest absolute Gasteiger partial charge is 0.328 e. The van der Waals surface area contributed by atoms with Gasteiger partial charge in [0.05, 0.1) is 14.2 Å². The van der Waals surface area contributed by atoms with Gasteiger partial charge in [-0.3, -0.25) is 0 Å². The van der Waals surface area contributed by atoms with E-state index in [1.54, 1.807) is 32.1 Å². The van der Waals surface area contributed by atoms with E-state index in [4.69, 9.17) is 14.6 Å². The van der Waals surface area contributed by atoms with Crippen LogP contribution in [0.3, 0.4) is 0 Å². The minimum Gasteiger partial charge on any atom is -0.497 e. The summed E-state index contributed by atoms with van der Waals surface area (Å²) in [5.41, 5.74) is 6.54. The van der Waals surface area contributed by atoms with Crippen molar-refractivity contribution in [2.24, 2.45) is 0 Å². The Labute approximate surface area is 185 Å². The average Bonchev–Trinajstić information content (AvgIpc) is 2.81. The first kappa shape index (κ1) is 20.8. The van der Waals surface area contributed by atoms with Crippen LogP contribution in [0.1, 0.15) is 22.3 Å². The lowest BCUT2D eigenvalue weighted by Crippen LogP contribution is -2.04. The second-order valence-corrected chi connectivity index (χ2v) is 8.05. The molecule has 0 radical (unpaired) electrons. The molecule has 0 fully saturated rings. The van der Waals surface area contributed by atoms with Crippen molar-refractivity contribution < 1.29 is 19.4 Å². The van der Waals surface area contributed by atoms with Gasteiger partial charge in [-0.1, -0.05) is 30.3 Å². The molecule has 0 saturated carbocycles. The van der Waals surface area contributed by atoms with Crippen LogP contribution in [0.2, 0.25) is 0 Å². The van der Waals surface area contributed by atoms with Crippen molar-refractivity contribution in [3.8, 4) is 11.5 Å². The van der Waals surface area contributed by atoms with E-state index in [1.165, 1.54) is 5.57 Å². The Hall–Kier alpha value is -3.44. The maximum Gasteiger partial charge on any atom is 0.328 e. The molecule has 4 nitrogen and oxygen atoms in total. The van der Waals surface area contributed by atoms with Gasteiger partial charge in [0, 0.05) is 16.7 Å². The lowest BCUT2D eigenvalue weighted by Gasteiger charge is -2.25. The van der Waals surface area contributed by atoms with Crippen LogP contribution < -0.4 is 9.47 Å². The van der Waals surface area contributed by atoms with Gasteiger partial charge < -0.3 is 14.6 Å². The number of methoxy groups -OCH3 is 2. The van der Waals surface area contributed by atoms with Gasteiger partial charge >= 0.3 is 5.97 Å². The van der Waals surface area contributed by atoms with Crippen molar-refractivity contribution in [1.82, 2.24) is 0 Å². The molecular formula is C26H22O4S. The highest BCUT2D eigenvalue weighted by Crippen LogP contribution is 2.45. The lowest BCUT2D eigenvalue weighted by molar-refractivity contribution is -0.131. The fourth-order valence-corrected chi connectivity index (χ4v) is 4.79. The first-order valence-corrected chi connectivity index (χ1v) is 10.8. The Morgan fingerprint density at radius 2 is 1.68 bits per heavy atom. The first-order chi connectivity index (χ1) is 15.1. The summed E-state index contributed by atoms with van der Waals surface area (Å²) in [6, 6.07) is 22.2. The topological polar surface area (TPSA) is 55.8 Å². The van der Waals surface area contributed by atoms with E-state index in [0.717, 1.165) is 56.1 Å². The summed E-state index contributed by atoms with van der Waals surface area (Å²) in [5, 5.41) is 8.98. The number of hydrogen-bond donors (Lipinski definition) is 1. The number of hydrogen-bond acceptors (Lipinski definition) is 4. The predicted octanol–water partition coefficient (Wildman–Crippen LogP) is 5.87. The molecule has 1 aliphatic rings. The molecule has 0 amide bonds. The first-order valence-electron chi connectivity index (χ1n) is 9.79. The monoisotopic (exact) mass is 430 g/mol. The lowest BCUT2D eigenvalue weighted by atomic mass is 9.89. The number of carboxylic acids is 1. The van der Waals surface area contributed by atoms with E-state index >= 15 is 0 Å². The number of thioether (sulfide) groups is 1. The summed E-state index contributed by atoms with van der Waals surface area (Å²) < 4.78 is 10.7. The number of benzene rings is 3. The molecule has 1 N–H and O–H groups in total. The van der Waals surface area contributed by atoms with E-state index in [0.29, 0.717) is 0 Å². The Balaban J connectivity index is 1.90. The standard InChI is InChI=1S/C26H22O4S/c1-29-20-9-7-18(8-10-20)23-16-31-24-15-21(30-2)11-12-22(24)26(23)19-5-3-4-17(14-19)6-13-25(27)28/h3-15H,16H2,1-2H3,(H,27,28)/b13-6+. The third-order valence-electron chi connectivity index (χ3n) is 5.16. The van der Waals surface area contributed by atoms with Crippen LogP contribution in [0, 0.1) is 0 Å². The molecule has 0 spiro atoms. The fourth-order valence-electron chi connectivity index (χ4n) is 3.66. The van der Waals surface area contributed by atoms with E-state index in [-0.39, 0.29) is 0 Å². The fraction of sp³-hybridized carbons (Fsp3) is 0.115. The van der Waals surface area contributed by atoms with Crippen LogP contribution in [-0.4, -0.2) is 31.0 Å². The molecule has 0 aromatic heterocycles. The number of rotatable bonds is 6. The maximum atomic E-state index is 11.0. The third kappa shape index (κ3) is 4.52. The van der Waals surface area contributed by atoms with Crippen LogP contribution in [0.15, 0.2) is 77.7 Å². The second-order valence-electron chi connectivity index (χ2n) is 7.03. The molecule has 1 heterocycles. The van der Waals surface area contributed by atoms with Crippen molar-refractivity contribution in [3.63, 3.8) is 0 Å². The third-order valence-corrected chi connectivity index (χ3v) is 6.25. The van der Waals surface area contributed by atoms with E-state index in [9.17, 15) is 4.79 Å². The number of carboxylic acid groups (broad SMARTS) is 1. The minimum atomic E-state index is -0.963. The average molecular weight is 431 g/mol. The van der Waals surface area contributed by atoms with Gasteiger partial charge in [-0.25, -0.2) is 4.79 Å². The van der Waals surface area contributed by atoms with E-state index < -0.39 is 5.97 Å². The molecule has 4 rings (SSSR count). The normalized spacial score (nSPS) is 13.2. The van der Waals surface area contributed by atoms with E-state index in [2.05, 4.69) is 30.3 Å². The molecule has 3 aromatic rings. The molecule has 31 heavy (non-hydrogen) atoms. The molecule has 0 aliphatic carbocycles. The SMILES string of the molecule is COc1ccc(C2=C(c3cccc(/C=C/C(=O)O)c3)c3ccc(OC)cc3SC2)cc1. The highest BCUT2D eigenvalue weighted by molar-refractivity contribution is 7.99. The summed E-state index contributed by atoms with van der Waals surface area (Å²) >= 11 is 1.79. The molecule has 0 bridgehead atoms. The van der Waals surface area contributed by atoms with Crippen LogP contribution in [0.25, 0.3) is 17.2 Å². The highest BCUT2D eigenvalue weighted by Gasteiger charge is 2.23.